The van der Waals surface area contributed by atoms with Crippen LogP contribution in [-0.2, 0) is 9.53 Å². The van der Waals surface area contributed by atoms with Gasteiger partial charge in [-0.05, 0) is 12.3 Å². The molecule has 124 valence electrons. The van der Waals surface area contributed by atoms with Gasteiger partial charge in [-0.2, -0.15) is 0 Å². The Morgan fingerprint density at radius 2 is 2.30 bits per heavy atom. The number of ether oxygens (including phenoxy) is 1. The van der Waals surface area contributed by atoms with Crippen molar-refractivity contribution in [1.82, 2.24) is 15.2 Å². The number of likely N-dealkylation sites (tertiary alicyclic amines) is 1. The normalized spacial score (nSPS) is 35.2. The second-order valence-corrected chi connectivity index (χ2v) is 7.66. The molecule has 23 heavy (non-hydrogen) atoms. The van der Waals surface area contributed by atoms with Crippen molar-refractivity contribution in [1.29, 1.82) is 0 Å². The number of fused-ring (bicyclic) bond motifs is 1. The lowest BCUT2D eigenvalue weighted by atomic mass is 9.93. The van der Waals surface area contributed by atoms with Crippen molar-refractivity contribution < 1.29 is 14.3 Å². The lowest BCUT2D eigenvalue weighted by Crippen LogP contribution is -2.36. The third-order valence-electron chi connectivity index (χ3n) is 5.37. The summed E-state index contributed by atoms with van der Waals surface area (Å²) in [7, 11) is 0. The van der Waals surface area contributed by atoms with Crippen LogP contribution in [0.2, 0.25) is 0 Å². The van der Waals surface area contributed by atoms with Crippen molar-refractivity contribution in [3.8, 4) is 0 Å². The molecule has 1 aromatic rings. The molecule has 0 unspecified atom stereocenters. The number of thiazole rings is 1. The van der Waals surface area contributed by atoms with Gasteiger partial charge < -0.3 is 15.0 Å². The largest absolute Gasteiger partial charge is 0.376 e. The van der Waals surface area contributed by atoms with Crippen LogP contribution < -0.4 is 5.32 Å². The van der Waals surface area contributed by atoms with Crippen molar-refractivity contribution in [2.45, 2.75) is 19.4 Å². The third kappa shape index (κ3) is 2.87. The number of aromatic nitrogens is 1. The van der Waals surface area contributed by atoms with Gasteiger partial charge in [0.25, 0.3) is 5.91 Å². The maximum Gasteiger partial charge on any atom is 0.270 e. The number of carbonyl (C=O) groups excluding carboxylic acids is 2. The van der Waals surface area contributed by atoms with Gasteiger partial charge in [-0.1, -0.05) is 6.92 Å². The molecule has 3 heterocycles. The van der Waals surface area contributed by atoms with Crippen LogP contribution in [0.3, 0.4) is 0 Å². The number of hydrogen-bond donors (Lipinski definition) is 1. The van der Waals surface area contributed by atoms with Gasteiger partial charge in [-0.3, -0.25) is 9.59 Å². The first-order valence-electron chi connectivity index (χ1n) is 8.20. The Kier molecular flexibility index (Phi) is 3.85. The maximum absolute atomic E-state index is 12.4. The number of rotatable bonds is 4. The molecule has 0 radical (unpaired) electrons. The Bertz CT molecular complexity index is 606. The highest BCUT2D eigenvalue weighted by Crippen LogP contribution is 2.41. The van der Waals surface area contributed by atoms with Gasteiger partial charge in [0.1, 0.15) is 5.69 Å². The summed E-state index contributed by atoms with van der Waals surface area (Å²) in [5.74, 6) is 1.54. The quantitative estimate of drug-likeness (QED) is 0.891. The average Bonchev–Trinajstić information content (AvgIpc) is 2.99. The molecule has 0 spiro atoms. The third-order valence-corrected chi connectivity index (χ3v) is 5.95. The van der Waals surface area contributed by atoms with E-state index >= 15 is 0 Å². The molecule has 2 aliphatic heterocycles. The van der Waals surface area contributed by atoms with Gasteiger partial charge in [-0.25, -0.2) is 4.98 Å². The van der Waals surface area contributed by atoms with Crippen molar-refractivity contribution in [3.05, 3.63) is 16.6 Å². The summed E-state index contributed by atoms with van der Waals surface area (Å²) in [6.45, 7) is 4.86. The first-order valence-corrected chi connectivity index (χ1v) is 9.14. The smallest absolute Gasteiger partial charge is 0.270 e. The molecule has 4 rings (SSSR count). The van der Waals surface area contributed by atoms with Crippen molar-refractivity contribution in [2.75, 3.05) is 26.2 Å². The van der Waals surface area contributed by atoms with E-state index in [4.69, 9.17) is 4.74 Å². The molecule has 3 aliphatic rings. The van der Waals surface area contributed by atoms with Crippen LogP contribution in [0.4, 0.5) is 0 Å². The lowest BCUT2D eigenvalue weighted by molar-refractivity contribution is -0.132. The minimum Gasteiger partial charge on any atom is -0.376 e. The predicted molar refractivity (Wildman–Crippen MR) is 85.0 cm³/mol. The fourth-order valence-electron chi connectivity index (χ4n) is 3.73. The van der Waals surface area contributed by atoms with Gasteiger partial charge in [0, 0.05) is 42.8 Å². The lowest BCUT2D eigenvalue weighted by Gasteiger charge is -2.20. The van der Waals surface area contributed by atoms with E-state index in [1.54, 1.807) is 10.9 Å². The second-order valence-electron chi connectivity index (χ2n) is 6.94. The van der Waals surface area contributed by atoms with Gasteiger partial charge in [0.05, 0.1) is 18.2 Å². The van der Waals surface area contributed by atoms with Gasteiger partial charge in [0.15, 0.2) is 0 Å². The molecule has 5 atom stereocenters. The Balaban J connectivity index is 1.31. The minimum absolute atomic E-state index is 0.132. The molecule has 6 nitrogen and oxygen atoms in total. The highest BCUT2D eigenvalue weighted by atomic mass is 32.1. The van der Waals surface area contributed by atoms with Crippen LogP contribution in [0.5, 0.6) is 0 Å². The van der Waals surface area contributed by atoms with Crippen LogP contribution in [0.25, 0.3) is 0 Å². The zero-order chi connectivity index (χ0) is 16.0. The SMILES string of the molecule is C[C@H]1C[C@H]1C(=O)N1C[C@@H]2[C@@H](CNC(=O)c3cscn3)CO[C@@H]2C1. The van der Waals surface area contributed by atoms with E-state index in [1.165, 1.54) is 11.3 Å². The summed E-state index contributed by atoms with van der Waals surface area (Å²) < 4.78 is 5.86. The first kappa shape index (κ1) is 15.1. The minimum atomic E-state index is -0.132. The van der Waals surface area contributed by atoms with Crippen LogP contribution >= 0.6 is 11.3 Å². The Hall–Kier alpha value is -1.47. The second kappa shape index (κ2) is 5.87. The maximum atomic E-state index is 12.4. The average molecular weight is 335 g/mol. The predicted octanol–water partition coefficient (Wildman–Crippen LogP) is 1.00. The van der Waals surface area contributed by atoms with Gasteiger partial charge in [-0.15, -0.1) is 11.3 Å². The summed E-state index contributed by atoms with van der Waals surface area (Å²) in [5.41, 5.74) is 2.12. The van der Waals surface area contributed by atoms with Crippen LogP contribution in [0, 0.1) is 23.7 Å². The van der Waals surface area contributed by atoms with Gasteiger partial charge in [0.2, 0.25) is 5.91 Å². The Morgan fingerprint density at radius 3 is 3.00 bits per heavy atom. The fourth-order valence-corrected chi connectivity index (χ4v) is 4.26. The summed E-state index contributed by atoms with van der Waals surface area (Å²) in [4.78, 5) is 30.3. The Morgan fingerprint density at radius 1 is 1.48 bits per heavy atom. The molecule has 0 bridgehead atoms. The zero-order valence-electron chi connectivity index (χ0n) is 13.1. The fraction of sp³-hybridized carbons (Fsp3) is 0.688. The number of carbonyl (C=O) groups is 2. The van der Waals surface area contributed by atoms with E-state index in [0.717, 1.165) is 13.0 Å². The Labute approximate surface area is 139 Å². The number of nitrogens with one attached hydrogen (secondary N) is 1. The van der Waals surface area contributed by atoms with E-state index < -0.39 is 0 Å². The molecule has 1 saturated carbocycles. The zero-order valence-corrected chi connectivity index (χ0v) is 13.9. The molecule has 1 aromatic heterocycles. The van der Waals surface area contributed by atoms with E-state index in [-0.39, 0.29) is 23.8 Å². The number of amides is 2. The molecule has 1 N–H and O–H groups in total. The number of hydrogen-bond acceptors (Lipinski definition) is 5. The molecule has 3 fully saturated rings. The summed E-state index contributed by atoms with van der Waals surface area (Å²) >= 11 is 1.41. The van der Waals surface area contributed by atoms with Crippen molar-refractivity contribution in [2.24, 2.45) is 23.7 Å². The summed E-state index contributed by atoms with van der Waals surface area (Å²) in [6, 6.07) is 0. The van der Waals surface area contributed by atoms with Crippen LogP contribution in [0.1, 0.15) is 23.8 Å². The van der Waals surface area contributed by atoms with E-state index in [1.807, 2.05) is 4.90 Å². The van der Waals surface area contributed by atoms with Crippen LogP contribution in [-0.4, -0.2) is 54.0 Å². The van der Waals surface area contributed by atoms with Crippen molar-refractivity contribution >= 4 is 23.2 Å². The molecular formula is C16H21N3O3S. The van der Waals surface area contributed by atoms with E-state index in [2.05, 4.69) is 17.2 Å². The standard InChI is InChI=1S/C16H21N3O3S/c1-9-2-11(9)16(21)19-4-12-10(6-22-14(12)5-19)3-17-15(20)13-7-23-8-18-13/h7-12,14H,2-6H2,1H3,(H,17,20)/t9-,10-,11+,12+,14+/m0/s1. The molecule has 2 saturated heterocycles. The van der Waals surface area contributed by atoms with Crippen LogP contribution in [0.15, 0.2) is 10.9 Å². The van der Waals surface area contributed by atoms with Crippen molar-refractivity contribution in [3.63, 3.8) is 0 Å². The highest BCUT2D eigenvalue weighted by Gasteiger charge is 2.49. The monoisotopic (exact) mass is 335 g/mol. The van der Waals surface area contributed by atoms with Gasteiger partial charge >= 0.3 is 0 Å². The molecular weight excluding hydrogens is 314 g/mol. The summed E-state index contributed by atoms with van der Waals surface area (Å²) in [5, 5.41) is 4.69. The molecule has 0 aromatic carbocycles. The van der Waals surface area contributed by atoms with E-state index in [0.29, 0.717) is 43.1 Å². The summed E-state index contributed by atoms with van der Waals surface area (Å²) in [6.07, 6.45) is 1.16. The highest BCUT2D eigenvalue weighted by molar-refractivity contribution is 7.07. The first-order chi connectivity index (χ1) is 11.1. The molecule has 2 amide bonds. The van der Waals surface area contributed by atoms with E-state index in [9.17, 15) is 9.59 Å². The molecule has 7 heteroatoms. The molecule has 1 aliphatic carbocycles. The topological polar surface area (TPSA) is 71.5 Å². The number of nitrogens with zero attached hydrogens (tertiary/aromatic N) is 2.